The maximum Gasteiger partial charge on any atom is 0.258 e. The van der Waals surface area contributed by atoms with Crippen molar-refractivity contribution in [3.63, 3.8) is 0 Å². The second-order valence-electron chi connectivity index (χ2n) is 9.01. The van der Waals surface area contributed by atoms with Gasteiger partial charge in [-0.25, -0.2) is 0 Å². The van der Waals surface area contributed by atoms with Crippen molar-refractivity contribution in [1.29, 1.82) is 0 Å². The molecule has 2 aliphatic rings. The second kappa shape index (κ2) is 8.37. The summed E-state index contributed by atoms with van der Waals surface area (Å²) < 4.78 is 11.0. The highest BCUT2D eigenvalue weighted by Crippen LogP contribution is 2.47. The lowest BCUT2D eigenvalue weighted by Gasteiger charge is -2.40. The lowest BCUT2D eigenvalue weighted by molar-refractivity contribution is 0.0644. The van der Waals surface area contributed by atoms with Crippen molar-refractivity contribution in [2.45, 2.75) is 44.4 Å². The third-order valence-electron chi connectivity index (χ3n) is 6.95. The Kier molecular flexibility index (Phi) is 5.41. The van der Waals surface area contributed by atoms with Crippen molar-refractivity contribution >= 4 is 5.91 Å². The van der Waals surface area contributed by atoms with Gasteiger partial charge < -0.3 is 14.2 Å². The molecule has 5 rings (SSSR count). The standard InChI is InChI=1S/C25H28N4O3/c1-17-20(4-3-5-21(17)31-2)23(30)29-14-10-25(11-15-29,16-18-6-7-18)24-27-22(32-28-24)19-8-12-26-13-9-19/h3-5,8-9,12-13,18H,6-7,10-11,14-16H2,1-2H3. The maximum atomic E-state index is 13.3. The van der Waals surface area contributed by atoms with Gasteiger partial charge in [-0.3, -0.25) is 9.78 Å². The zero-order chi connectivity index (χ0) is 22.1. The van der Waals surface area contributed by atoms with Gasteiger partial charge in [-0.1, -0.05) is 24.1 Å². The first-order valence-corrected chi connectivity index (χ1v) is 11.3. The molecule has 32 heavy (non-hydrogen) atoms. The highest BCUT2D eigenvalue weighted by molar-refractivity contribution is 5.96. The number of amides is 1. The molecule has 2 aromatic heterocycles. The first kappa shape index (κ1) is 20.7. The van der Waals surface area contributed by atoms with Gasteiger partial charge in [-0.2, -0.15) is 4.98 Å². The Labute approximate surface area is 187 Å². The summed E-state index contributed by atoms with van der Waals surface area (Å²) in [5, 5.41) is 4.41. The van der Waals surface area contributed by atoms with Crippen molar-refractivity contribution in [2.24, 2.45) is 5.92 Å². The number of carbonyl (C=O) groups is 1. The smallest absolute Gasteiger partial charge is 0.258 e. The fourth-order valence-electron chi connectivity index (χ4n) is 4.82. The van der Waals surface area contributed by atoms with Crippen LogP contribution in [0.15, 0.2) is 47.2 Å². The second-order valence-corrected chi connectivity index (χ2v) is 9.01. The molecule has 0 spiro atoms. The molecule has 0 bridgehead atoms. The summed E-state index contributed by atoms with van der Waals surface area (Å²) in [5.74, 6) is 2.84. The largest absolute Gasteiger partial charge is 0.496 e. The fourth-order valence-corrected chi connectivity index (χ4v) is 4.82. The number of aromatic nitrogens is 3. The van der Waals surface area contributed by atoms with E-state index in [9.17, 15) is 4.79 Å². The summed E-state index contributed by atoms with van der Waals surface area (Å²) in [4.78, 5) is 24.1. The van der Waals surface area contributed by atoms with Gasteiger partial charge in [0.15, 0.2) is 5.82 Å². The highest BCUT2D eigenvalue weighted by Gasteiger charge is 2.45. The van der Waals surface area contributed by atoms with Crippen LogP contribution in [0.25, 0.3) is 11.5 Å². The fraction of sp³-hybridized carbons (Fsp3) is 0.440. The van der Waals surface area contributed by atoms with Crippen LogP contribution in [0.4, 0.5) is 0 Å². The number of nitrogens with zero attached hydrogens (tertiary/aromatic N) is 4. The first-order chi connectivity index (χ1) is 15.6. The Morgan fingerprint density at radius 2 is 1.94 bits per heavy atom. The Balaban J connectivity index is 1.36. The zero-order valence-corrected chi connectivity index (χ0v) is 18.6. The predicted molar refractivity (Wildman–Crippen MR) is 119 cm³/mol. The molecular formula is C25H28N4O3. The van der Waals surface area contributed by atoms with Gasteiger partial charge in [0.1, 0.15) is 5.75 Å². The quantitative estimate of drug-likeness (QED) is 0.573. The number of methoxy groups -OCH3 is 1. The monoisotopic (exact) mass is 432 g/mol. The number of pyridine rings is 1. The van der Waals surface area contributed by atoms with Gasteiger partial charge in [0.2, 0.25) is 0 Å². The van der Waals surface area contributed by atoms with E-state index < -0.39 is 0 Å². The molecule has 1 aromatic carbocycles. The van der Waals surface area contributed by atoms with Gasteiger partial charge in [0, 0.05) is 47.6 Å². The lowest BCUT2D eigenvalue weighted by Crippen LogP contribution is -2.46. The van der Waals surface area contributed by atoms with E-state index in [0.717, 1.165) is 47.9 Å². The third-order valence-corrected chi connectivity index (χ3v) is 6.95. The molecule has 0 unspecified atom stereocenters. The Morgan fingerprint density at radius 1 is 1.19 bits per heavy atom. The number of hydrogen-bond acceptors (Lipinski definition) is 6. The zero-order valence-electron chi connectivity index (χ0n) is 18.6. The van der Waals surface area contributed by atoms with Gasteiger partial charge in [0.25, 0.3) is 11.8 Å². The van der Waals surface area contributed by atoms with Crippen LogP contribution in [0, 0.1) is 12.8 Å². The number of rotatable bonds is 6. The molecule has 7 nitrogen and oxygen atoms in total. The molecule has 3 aromatic rings. The van der Waals surface area contributed by atoms with E-state index in [-0.39, 0.29) is 11.3 Å². The number of benzene rings is 1. The molecule has 1 aliphatic carbocycles. The topological polar surface area (TPSA) is 81.4 Å². The summed E-state index contributed by atoms with van der Waals surface area (Å²) in [6.07, 6.45) is 8.72. The van der Waals surface area contributed by atoms with Crippen molar-refractivity contribution in [3.8, 4) is 17.2 Å². The van der Waals surface area contributed by atoms with Crippen LogP contribution in [0.1, 0.15) is 53.8 Å². The number of likely N-dealkylation sites (tertiary alicyclic amines) is 1. The third kappa shape index (κ3) is 3.87. The van der Waals surface area contributed by atoms with Crippen LogP contribution in [-0.4, -0.2) is 46.1 Å². The SMILES string of the molecule is COc1cccc(C(=O)N2CCC(CC3CC3)(c3noc(-c4ccncc4)n3)CC2)c1C. The average molecular weight is 433 g/mol. The highest BCUT2D eigenvalue weighted by atomic mass is 16.5. The van der Waals surface area contributed by atoms with Gasteiger partial charge in [-0.15, -0.1) is 0 Å². The molecule has 0 radical (unpaired) electrons. The van der Waals surface area contributed by atoms with E-state index in [1.807, 2.05) is 42.2 Å². The molecule has 2 fully saturated rings. The maximum absolute atomic E-state index is 13.3. The number of piperidine rings is 1. The molecule has 0 N–H and O–H groups in total. The van der Waals surface area contributed by atoms with Crippen LogP contribution in [-0.2, 0) is 5.41 Å². The van der Waals surface area contributed by atoms with Crippen molar-refractivity contribution in [3.05, 3.63) is 59.7 Å². The summed E-state index contributed by atoms with van der Waals surface area (Å²) in [7, 11) is 1.63. The number of hydrogen-bond donors (Lipinski definition) is 0. The van der Waals surface area contributed by atoms with E-state index in [0.29, 0.717) is 24.5 Å². The normalized spacial score (nSPS) is 17.9. The molecule has 0 atom stereocenters. The van der Waals surface area contributed by atoms with Crippen LogP contribution < -0.4 is 4.74 Å². The minimum absolute atomic E-state index is 0.0620. The average Bonchev–Trinajstić information content (AvgIpc) is 3.50. The van der Waals surface area contributed by atoms with Crippen LogP contribution in [0.5, 0.6) is 5.75 Å². The minimum Gasteiger partial charge on any atom is -0.496 e. The van der Waals surface area contributed by atoms with E-state index >= 15 is 0 Å². The van der Waals surface area contributed by atoms with E-state index in [1.54, 1.807) is 19.5 Å². The minimum atomic E-state index is -0.143. The molecule has 1 amide bonds. The van der Waals surface area contributed by atoms with Crippen LogP contribution >= 0.6 is 0 Å². The molecule has 1 saturated carbocycles. The van der Waals surface area contributed by atoms with E-state index in [4.69, 9.17) is 14.2 Å². The molecule has 1 saturated heterocycles. The van der Waals surface area contributed by atoms with Gasteiger partial charge >= 0.3 is 0 Å². The molecular weight excluding hydrogens is 404 g/mol. The van der Waals surface area contributed by atoms with Crippen molar-refractivity contribution in [1.82, 2.24) is 20.0 Å². The lowest BCUT2D eigenvalue weighted by atomic mass is 9.73. The molecule has 3 heterocycles. The first-order valence-electron chi connectivity index (χ1n) is 11.3. The van der Waals surface area contributed by atoms with Crippen molar-refractivity contribution < 1.29 is 14.1 Å². The Morgan fingerprint density at radius 3 is 2.62 bits per heavy atom. The van der Waals surface area contributed by atoms with Gasteiger partial charge in [-0.05, 0) is 56.4 Å². The summed E-state index contributed by atoms with van der Waals surface area (Å²) in [6.45, 7) is 3.30. The Bertz CT molecular complexity index is 1100. The van der Waals surface area contributed by atoms with E-state index in [2.05, 4.69) is 10.1 Å². The summed E-state index contributed by atoms with van der Waals surface area (Å²) in [5.41, 5.74) is 2.32. The predicted octanol–water partition coefficient (Wildman–Crippen LogP) is 4.42. The summed E-state index contributed by atoms with van der Waals surface area (Å²) >= 11 is 0. The number of carbonyl (C=O) groups excluding carboxylic acids is 1. The molecule has 7 heteroatoms. The van der Waals surface area contributed by atoms with E-state index in [1.165, 1.54) is 12.8 Å². The van der Waals surface area contributed by atoms with Gasteiger partial charge in [0.05, 0.1) is 7.11 Å². The van der Waals surface area contributed by atoms with Crippen LogP contribution in [0.3, 0.4) is 0 Å². The Hall–Kier alpha value is -3.22. The number of ether oxygens (including phenoxy) is 1. The molecule has 166 valence electrons. The summed E-state index contributed by atoms with van der Waals surface area (Å²) in [6, 6.07) is 9.40. The van der Waals surface area contributed by atoms with Crippen LogP contribution in [0.2, 0.25) is 0 Å². The molecule has 1 aliphatic heterocycles. The van der Waals surface area contributed by atoms with Crippen molar-refractivity contribution in [2.75, 3.05) is 20.2 Å².